The Morgan fingerprint density at radius 2 is 2.17 bits per heavy atom. The Balaban J connectivity index is 1.65. The van der Waals surface area contributed by atoms with Crippen LogP contribution in [0.1, 0.15) is 30.3 Å². The molecule has 1 fully saturated rings. The van der Waals surface area contributed by atoms with E-state index in [1.54, 1.807) is 12.3 Å². The quantitative estimate of drug-likeness (QED) is 0.571. The van der Waals surface area contributed by atoms with Crippen molar-refractivity contribution in [3.05, 3.63) is 35.1 Å². The van der Waals surface area contributed by atoms with E-state index in [1.807, 2.05) is 13.0 Å². The predicted molar refractivity (Wildman–Crippen MR) is 85.8 cm³/mol. The molecule has 0 atom stereocenters. The molecule has 0 aromatic carbocycles. The summed E-state index contributed by atoms with van der Waals surface area (Å²) in [6.07, 6.45) is 3.82. The third-order valence-corrected chi connectivity index (χ3v) is 4.66. The van der Waals surface area contributed by atoms with Gasteiger partial charge in [-0.2, -0.15) is 0 Å². The van der Waals surface area contributed by atoms with E-state index in [9.17, 15) is 0 Å². The first-order chi connectivity index (χ1) is 11.1. The van der Waals surface area contributed by atoms with Gasteiger partial charge in [0.25, 0.3) is 0 Å². The number of nitrogens with zero attached hydrogens (tertiary/aromatic N) is 5. The van der Waals surface area contributed by atoms with Crippen molar-refractivity contribution in [2.75, 3.05) is 5.84 Å². The summed E-state index contributed by atoms with van der Waals surface area (Å²) in [5, 5.41) is 9.94. The fourth-order valence-corrected chi connectivity index (χ4v) is 3.25. The van der Waals surface area contributed by atoms with Crippen LogP contribution in [-0.2, 0) is 0 Å². The highest BCUT2D eigenvalue weighted by atomic mass is 35.5. The van der Waals surface area contributed by atoms with Crippen LogP contribution in [0.25, 0.3) is 11.4 Å². The van der Waals surface area contributed by atoms with Gasteiger partial charge < -0.3 is 10.3 Å². The Kier molecular flexibility index (Phi) is 3.50. The molecular weight excluding hydrogens is 336 g/mol. The largest absolute Gasteiger partial charge is 0.469 e. The smallest absolute Gasteiger partial charge is 0.216 e. The van der Waals surface area contributed by atoms with Crippen LogP contribution in [0.15, 0.2) is 33.0 Å². The van der Waals surface area contributed by atoms with Gasteiger partial charge in [-0.3, -0.25) is 0 Å². The first-order valence-electron chi connectivity index (χ1n) is 7.09. The topological polar surface area (TPSA) is 95.6 Å². The maximum absolute atomic E-state index is 6.11. The summed E-state index contributed by atoms with van der Waals surface area (Å²) in [5.41, 5.74) is 0.811. The van der Waals surface area contributed by atoms with Gasteiger partial charge in [-0.05, 0) is 37.6 Å². The Labute approximate surface area is 141 Å². The molecule has 0 radical (unpaired) electrons. The molecule has 7 nitrogen and oxygen atoms in total. The van der Waals surface area contributed by atoms with Crippen molar-refractivity contribution in [2.45, 2.75) is 35.9 Å². The maximum Gasteiger partial charge on any atom is 0.216 e. The Morgan fingerprint density at radius 1 is 1.35 bits per heavy atom. The van der Waals surface area contributed by atoms with Crippen LogP contribution in [0, 0.1) is 6.92 Å². The van der Waals surface area contributed by atoms with Crippen molar-refractivity contribution in [3.63, 3.8) is 0 Å². The molecule has 3 heterocycles. The second-order valence-electron chi connectivity index (χ2n) is 5.33. The third kappa shape index (κ3) is 2.79. The van der Waals surface area contributed by atoms with E-state index in [0.29, 0.717) is 27.1 Å². The highest BCUT2D eigenvalue weighted by Gasteiger charge is 2.27. The van der Waals surface area contributed by atoms with Crippen molar-refractivity contribution in [2.24, 2.45) is 0 Å². The summed E-state index contributed by atoms with van der Waals surface area (Å²) in [5.74, 6) is 8.60. The average molecular weight is 349 g/mol. The minimum absolute atomic E-state index is 0.424. The van der Waals surface area contributed by atoms with Gasteiger partial charge in [0.05, 0.1) is 11.8 Å². The van der Waals surface area contributed by atoms with Crippen molar-refractivity contribution < 1.29 is 4.42 Å². The molecular formula is C14H13ClN6OS. The third-order valence-electron chi connectivity index (χ3n) is 3.59. The zero-order valence-electron chi connectivity index (χ0n) is 12.2. The van der Waals surface area contributed by atoms with Gasteiger partial charge in [-0.15, -0.1) is 10.2 Å². The monoisotopic (exact) mass is 348 g/mol. The van der Waals surface area contributed by atoms with Gasteiger partial charge in [0, 0.05) is 12.0 Å². The van der Waals surface area contributed by atoms with Crippen molar-refractivity contribution in [3.8, 4) is 11.4 Å². The lowest BCUT2D eigenvalue weighted by Gasteiger charge is -2.04. The van der Waals surface area contributed by atoms with Crippen LogP contribution < -0.4 is 5.84 Å². The summed E-state index contributed by atoms with van der Waals surface area (Å²) in [7, 11) is 0. The Hall–Kier alpha value is -2.06. The van der Waals surface area contributed by atoms with Gasteiger partial charge in [-0.1, -0.05) is 11.6 Å². The van der Waals surface area contributed by atoms with Gasteiger partial charge in [0.2, 0.25) is 5.16 Å². The molecule has 0 spiro atoms. The number of halogens is 1. The first kappa shape index (κ1) is 14.5. The maximum atomic E-state index is 6.11. The van der Waals surface area contributed by atoms with E-state index in [-0.39, 0.29) is 0 Å². The summed E-state index contributed by atoms with van der Waals surface area (Å²) in [6.45, 7) is 1.85. The molecule has 0 bridgehead atoms. The highest BCUT2D eigenvalue weighted by Crippen LogP contribution is 2.39. The molecule has 1 saturated carbocycles. The number of rotatable bonds is 4. The zero-order valence-corrected chi connectivity index (χ0v) is 13.8. The SMILES string of the molecule is Cc1occc1-c1nnc(Sc2cc(Cl)nc(C3CC3)n2)n1N. The van der Waals surface area contributed by atoms with Crippen molar-refractivity contribution in [1.29, 1.82) is 0 Å². The van der Waals surface area contributed by atoms with E-state index in [4.69, 9.17) is 21.9 Å². The number of hydrogen-bond acceptors (Lipinski definition) is 7. The minimum Gasteiger partial charge on any atom is -0.469 e. The predicted octanol–water partition coefficient (Wildman–Crippen LogP) is 3.03. The normalized spacial score (nSPS) is 14.3. The van der Waals surface area contributed by atoms with E-state index < -0.39 is 0 Å². The second kappa shape index (κ2) is 5.54. The number of aryl methyl sites for hydroxylation is 1. The van der Waals surface area contributed by atoms with Gasteiger partial charge in [-0.25, -0.2) is 14.6 Å². The second-order valence-corrected chi connectivity index (χ2v) is 6.70. The lowest BCUT2D eigenvalue weighted by molar-refractivity contribution is 0.535. The first-order valence-corrected chi connectivity index (χ1v) is 8.28. The molecule has 23 heavy (non-hydrogen) atoms. The van der Waals surface area contributed by atoms with Crippen molar-refractivity contribution in [1.82, 2.24) is 24.8 Å². The molecule has 0 aliphatic heterocycles. The van der Waals surface area contributed by atoms with Crippen LogP contribution >= 0.6 is 23.4 Å². The molecule has 9 heteroatoms. The average Bonchev–Trinajstić information content (AvgIpc) is 3.20. The summed E-state index contributed by atoms with van der Waals surface area (Å²) in [6, 6.07) is 3.51. The molecule has 0 amide bonds. The van der Waals surface area contributed by atoms with E-state index in [1.165, 1.54) is 16.4 Å². The molecule has 4 rings (SSSR count). The van der Waals surface area contributed by atoms with Crippen LogP contribution in [0.2, 0.25) is 5.15 Å². The molecule has 1 aliphatic carbocycles. The van der Waals surface area contributed by atoms with Gasteiger partial charge in [0.15, 0.2) is 5.82 Å². The molecule has 3 aromatic rings. The van der Waals surface area contributed by atoms with E-state index in [0.717, 1.165) is 30.0 Å². The van der Waals surface area contributed by atoms with E-state index >= 15 is 0 Å². The molecule has 2 N–H and O–H groups in total. The molecule has 1 aliphatic rings. The number of hydrogen-bond donors (Lipinski definition) is 1. The number of nitrogen functional groups attached to an aromatic ring is 1. The standard InChI is InChI=1S/C14H13ClN6OS/c1-7-9(4-5-22-7)13-19-20-14(21(13)16)23-11-6-10(15)17-12(18-11)8-2-3-8/h4-6,8H,2-3,16H2,1H3. The summed E-state index contributed by atoms with van der Waals surface area (Å²) in [4.78, 5) is 8.81. The van der Waals surface area contributed by atoms with Crippen LogP contribution in [0.3, 0.4) is 0 Å². The number of furan rings is 1. The molecule has 0 saturated heterocycles. The molecule has 3 aromatic heterocycles. The fraction of sp³-hybridized carbons (Fsp3) is 0.286. The number of aromatic nitrogens is 5. The van der Waals surface area contributed by atoms with Crippen LogP contribution in [-0.4, -0.2) is 24.8 Å². The lowest BCUT2D eigenvalue weighted by atomic mass is 10.2. The zero-order chi connectivity index (χ0) is 16.0. The van der Waals surface area contributed by atoms with Crippen LogP contribution in [0.5, 0.6) is 0 Å². The number of nitrogens with two attached hydrogens (primary N) is 1. The van der Waals surface area contributed by atoms with Crippen molar-refractivity contribution >= 4 is 23.4 Å². The summed E-state index contributed by atoms with van der Waals surface area (Å²) < 4.78 is 6.71. The molecule has 0 unspecified atom stereocenters. The van der Waals surface area contributed by atoms with E-state index in [2.05, 4.69) is 20.2 Å². The highest BCUT2D eigenvalue weighted by molar-refractivity contribution is 7.99. The van der Waals surface area contributed by atoms with Gasteiger partial charge >= 0.3 is 0 Å². The fourth-order valence-electron chi connectivity index (χ4n) is 2.23. The molecule has 118 valence electrons. The summed E-state index contributed by atoms with van der Waals surface area (Å²) >= 11 is 7.39. The van der Waals surface area contributed by atoms with Gasteiger partial charge in [0.1, 0.15) is 21.8 Å². The Morgan fingerprint density at radius 3 is 2.87 bits per heavy atom. The minimum atomic E-state index is 0.424. The Bertz CT molecular complexity index is 872. The lowest BCUT2D eigenvalue weighted by Crippen LogP contribution is -2.11. The van der Waals surface area contributed by atoms with Crippen LogP contribution in [0.4, 0.5) is 0 Å².